The smallest absolute Gasteiger partial charge is 0.0320 e. The molecule has 0 saturated heterocycles. The van der Waals surface area contributed by atoms with Crippen molar-refractivity contribution in [2.75, 3.05) is 11.5 Å². The van der Waals surface area contributed by atoms with Gasteiger partial charge in [0.15, 0.2) is 0 Å². The minimum atomic E-state index is -0.627. The van der Waals surface area contributed by atoms with Crippen LogP contribution >= 0.6 is 7.92 Å². The van der Waals surface area contributed by atoms with Gasteiger partial charge >= 0.3 is 0 Å². The van der Waals surface area contributed by atoms with E-state index in [1.807, 2.05) is 18.2 Å². The predicted molar refractivity (Wildman–Crippen MR) is 145 cm³/mol. The molecule has 0 aliphatic rings. The third kappa shape index (κ3) is 4.53. The SMILES string of the molecule is Nc1ccc(-c2ccc(N)cc2-c2ccc(P(c3ccccc3)c3ccccc3)cc2)cc1. The predicted octanol–water partition coefficient (Wildman–Crippen LogP) is 5.94. The molecular formula is C30H25N2P. The van der Waals surface area contributed by atoms with Crippen LogP contribution in [-0.2, 0) is 0 Å². The molecule has 33 heavy (non-hydrogen) atoms. The van der Waals surface area contributed by atoms with Crippen LogP contribution in [0.4, 0.5) is 11.4 Å². The summed E-state index contributed by atoms with van der Waals surface area (Å²) in [5.74, 6) is 0. The van der Waals surface area contributed by atoms with E-state index in [1.54, 1.807) is 0 Å². The van der Waals surface area contributed by atoms with Gasteiger partial charge in [-0.1, -0.05) is 103 Å². The summed E-state index contributed by atoms with van der Waals surface area (Å²) < 4.78 is 0. The Labute approximate surface area is 196 Å². The van der Waals surface area contributed by atoms with Gasteiger partial charge in [0.25, 0.3) is 0 Å². The summed E-state index contributed by atoms with van der Waals surface area (Å²) in [7, 11) is -0.627. The molecule has 0 unspecified atom stereocenters. The van der Waals surface area contributed by atoms with Crippen LogP contribution in [0.5, 0.6) is 0 Å². The fraction of sp³-hybridized carbons (Fsp3) is 0. The quantitative estimate of drug-likeness (QED) is 0.260. The molecule has 0 radical (unpaired) electrons. The van der Waals surface area contributed by atoms with Crippen LogP contribution in [-0.4, -0.2) is 0 Å². The monoisotopic (exact) mass is 444 g/mol. The average Bonchev–Trinajstić information content (AvgIpc) is 2.87. The molecule has 0 aliphatic heterocycles. The molecule has 5 rings (SSSR count). The molecule has 3 heteroatoms. The maximum absolute atomic E-state index is 6.18. The van der Waals surface area contributed by atoms with Gasteiger partial charge in [0.2, 0.25) is 0 Å². The first-order chi connectivity index (χ1) is 16.2. The molecular weight excluding hydrogens is 419 g/mol. The number of anilines is 2. The van der Waals surface area contributed by atoms with E-state index in [4.69, 9.17) is 11.5 Å². The number of nitrogen functional groups attached to an aromatic ring is 2. The molecule has 0 saturated carbocycles. The zero-order valence-electron chi connectivity index (χ0n) is 18.2. The van der Waals surface area contributed by atoms with E-state index in [0.717, 1.165) is 33.6 Å². The van der Waals surface area contributed by atoms with Crippen LogP contribution in [0.15, 0.2) is 127 Å². The van der Waals surface area contributed by atoms with Crippen molar-refractivity contribution in [2.24, 2.45) is 0 Å². The Morgan fingerprint density at radius 3 is 1.42 bits per heavy atom. The number of nitrogens with two attached hydrogens (primary N) is 2. The van der Waals surface area contributed by atoms with E-state index in [-0.39, 0.29) is 0 Å². The van der Waals surface area contributed by atoms with E-state index >= 15 is 0 Å². The summed E-state index contributed by atoms with van der Waals surface area (Å²) in [5, 5.41) is 4.01. The molecule has 0 bridgehead atoms. The third-order valence-corrected chi connectivity index (χ3v) is 8.17. The molecule has 160 valence electrons. The molecule has 4 N–H and O–H groups in total. The van der Waals surface area contributed by atoms with Crippen molar-refractivity contribution in [2.45, 2.75) is 0 Å². The van der Waals surface area contributed by atoms with Crippen LogP contribution < -0.4 is 27.4 Å². The number of hydrogen-bond donors (Lipinski definition) is 2. The number of benzene rings is 5. The number of hydrogen-bond acceptors (Lipinski definition) is 2. The van der Waals surface area contributed by atoms with Crippen molar-refractivity contribution < 1.29 is 0 Å². The lowest BCUT2D eigenvalue weighted by Crippen LogP contribution is -2.20. The second-order valence-electron chi connectivity index (χ2n) is 7.98. The Morgan fingerprint density at radius 2 is 0.848 bits per heavy atom. The van der Waals surface area contributed by atoms with Crippen molar-refractivity contribution in [1.82, 2.24) is 0 Å². The first kappa shape index (κ1) is 21.0. The van der Waals surface area contributed by atoms with E-state index in [0.29, 0.717) is 0 Å². The van der Waals surface area contributed by atoms with Gasteiger partial charge < -0.3 is 11.5 Å². The average molecular weight is 445 g/mol. The van der Waals surface area contributed by atoms with Gasteiger partial charge in [-0.15, -0.1) is 0 Å². The highest BCUT2D eigenvalue weighted by Gasteiger charge is 2.16. The standard InChI is InChI=1S/C30H25N2P/c31-24-15-11-22(12-16-24)29-20-17-25(32)21-30(29)23-13-18-28(19-14-23)33(26-7-3-1-4-8-26)27-9-5-2-6-10-27/h1-21H,31-32H2. The summed E-state index contributed by atoms with van der Waals surface area (Å²) in [6.45, 7) is 0. The lowest BCUT2D eigenvalue weighted by molar-refractivity contribution is 1.58. The summed E-state index contributed by atoms with van der Waals surface area (Å²) in [6.07, 6.45) is 0. The summed E-state index contributed by atoms with van der Waals surface area (Å²) in [5.41, 5.74) is 18.1. The molecule has 0 amide bonds. The largest absolute Gasteiger partial charge is 0.399 e. The summed E-state index contributed by atoms with van der Waals surface area (Å²) in [4.78, 5) is 0. The first-order valence-electron chi connectivity index (χ1n) is 11.0. The maximum Gasteiger partial charge on any atom is 0.0320 e. The molecule has 2 nitrogen and oxygen atoms in total. The van der Waals surface area contributed by atoms with Crippen LogP contribution in [0, 0.1) is 0 Å². The van der Waals surface area contributed by atoms with Crippen LogP contribution in [0.1, 0.15) is 0 Å². The van der Waals surface area contributed by atoms with Crippen molar-refractivity contribution in [1.29, 1.82) is 0 Å². The van der Waals surface area contributed by atoms with Crippen molar-refractivity contribution in [3.8, 4) is 22.3 Å². The maximum atomic E-state index is 6.18. The van der Waals surface area contributed by atoms with Gasteiger partial charge in [-0.25, -0.2) is 0 Å². The topological polar surface area (TPSA) is 52.0 Å². The highest BCUT2D eigenvalue weighted by atomic mass is 31.1. The summed E-state index contributed by atoms with van der Waals surface area (Å²) in [6, 6.07) is 44.6. The van der Waals surface area contributed by atoms with Crippen LogP contribution in [0.2, 0.25) is 0 Å². The second kappa shape index (κ2) is 9.32. The normalized spacial score (nSPS) is 10.9. The Hall–Kier alpha value is -3.87. The minimum absolute atomic E-state index is 0.627. The molecule has 5 aromatic rings. The minimum Gasteiger partial charge on any atom is -0.399 e. The first-order valence-corrected chi connectivity index (χ1v) is 12.3. The van der Waals surface area contributed by atoms with Crippen LogP contribution in [0.3, 0.4) is 0 Å². The Bertz CT molecular complexity index is 1310. The molecule has 0 atom stereocenters. The van der Waals surface area contributed by atoms with Gasteiger partial charge in [-0.3, -0.25) is 0 Å². The highest BCUT2D eigenvalue weighted by molar-refractivity contribution is 7.79. The van der Waals surface area contributed by atoms with Gasteiger partial charge in [-0.2, -0.15) is 0 Å². The Balaban J connectivity index is 1.57. The number of rotatable bonds is 5. The zero-order chi connectivity index (χ0) is 22.6. The zero-order valence-corrected chi connectivity index (χ0v) is 19.1. The molecule has 0 aliphatic carbocycles. The second-order valence-corrected chi connectivity index (χ2v) is 10.2. The molecule has 0 fully saturated rings. The lowest BCUT2D eigenvalue weighted by Gasteiger charge is -2.20. The Kier molecular flexibility index (Phi) is 5.93. The molecule has 5 aromatic carbocycles. The molecule has 0 heterocycles. The Morgan fingerprint density at radius 1 is 0.394 bits per heavy atom. The fourth-order valence-electron chi connectivity index (χ4n) is 4.11. The van der Waals surface area contributed by atoms with Gasteiger partial charge in [0.1, 0.15) is 0 Å². The van der Waals surface area contributed by atoms with Gasteiger partial charge in [-0.05, 0) is 70.4 Å². The third-order valence-electron chi connectivity index (χ3n) is 5.73. The summed E-state index contributed by atoms with van der Waals surface area (Å²) >= 11 is 0. The van der Waals surface area contributed by atoms with E-state index < -0.39 is 7.92 Å². The van der Waals surface area contributed by atoms with E-state index in [1.165, 1.54) is 15.9 Å². The highest BCUT2D eigenvalue weighted by Crippen LogP contribution is 2.36. The lowest BCUT2D eigenvalue weighted by atomic mass is 9.94. The van der Waals surface area contributed by atoms with Crippen molar-refractivity contribution >= 4 is 35.2 Å². The fourth-order valence-corrected chi connectivity index (χ4v) is 6.39. The van der Waals surface area contributed by atoms with E-state index in [2.05, 4.69) is 109 Å². The van der Waals surface area contributed by atoms with Crippen molar-refractivity contribution in [3.63, 3.8) is 0 Å². The van der Waals surface area contributed by atoms with Gasteiger partial charge in [0.05, 0.1) is 0 Å². The van der Waals surface area contributed by atoms with Crippen molar-refractivity contribution in [3.05, 3.63) is 127 Å². The van der Waals surface area contributed by atoms with E-state index in [9.17, 15) is 0 Å². The van der Waals surface area contributed by atoms with Crippen LogP contribution in [0.25, 0.3) is 22.3 Å². The molecule has 0 aromatic heterocycles. The molecule has 0 spiro atoms. The van der Waals surface area contributed by atoms with Gasteiger partial charge in [0, 0.05) is 11.4 Å².